The molecule has 1 amide bonds. The van der Waals surface area contributed by atoms with E-state index in [9.17, 15) is 9.18 Å². The minimum atomic E-state index is -0.453. The van der Waals surface area contributed by atoms with Gasteiger partial charge < -0.3 is 9.32 Å². The number of hydrogen-bond acceptors (Lipinski definition) is 2. The van der Waals surface area contributed by atoms with Gasteiger partial charge in [-0.1, -0.05) is 12.1 Å². The van der Waals surface area contributed by atoms with Crippen LogP contribution in [0, 0.1) is 5.82 Å². The zero-order valence-electron chi connectivity index (χ0n) is 9.69. The Morgan fingerprint density at radius 2 is 2.06 bits per heavy atom. The fourth-order valence-corrected chi connectivity index (χ4v) is 1.80. The van der Waals surface area contributed by atoms with E-state index < -0.39 is 11.7 Å². The van der Waals surface area contributed by atoms with E-state index in [2.05, 4.69) is 0 Å². The van der Waals surface area contributed by atoms with E-state index in [1.54, 1.807) is 25.1 Å². The van der Waals surface area contributed by atoms with Gasteiger partial charge in [0, 0.05) is 6.54 Å². The number of rotatable bonds is 3. The summed E-state index contributed by atoms with van der Waals surface area (Å²) in [4.78, 5) is 13.4. The lowest BCUT2D eigenvalue weighted by atomic mass is 10.2. The number of nitrogens with zero attached hydrogens (tertiary/aromatic N) is 1. The van der Waals surface area contributed by atoms with E-state index in [4.69, 9.17) is 16.0 Å². The van der Waals surface area contributed by atoms with Crippen LogP contribution in [0.25, 0.3) is 0 Å². The smallest absolute Gasteiger partial charge is 0.294 e. The van der Waals surface area contributed by atoms with Crippen molar-refractivity contribution in [2.24, 2.45) is 0 Å². The molecule has 0 saturated carbocycles. The molecule has 0 atom stereocenters. The third-order valence-corrected chi connectivity index (χ3v) is 2.69. The zero-order valence-corrected chi connectivity index (χ0v) is 10.4. The molecular formula is C13H11ClFNO2. The molecule has 1 aromatic heterocycles. The van der Waals surface area contributed by atoms with Crippen LogP contribution in [0.2, 0.25) is 5.22 Å². The number of benzene rings is 1. The van der Waals surface area contributed by atoms with Gasteiger partial charge in [0.05, 0.1) is 5.69 Å². The van der Waals surface area contributed by atoms with E-state index in [0.717, 1.165) is 0 Å². The van der Waals surface area contributed by atoms with Crippen LogP contribution in [-0.2, 0) is 0 Å². The molecule has 0 aliphatic heterocycles. The van der Waals surface area contributed by atoms with Crippen molar-refractivity contribution in [1.82, 2.24) is 0 Å². The van der Waals surface area contributed by atoms with Crippen molar-refractivity contribution in [3.8, 4) is 0 Å². The number of anilines is 1. The summed E-state index contributed by atoms with van der Waals surface area (Å²) in [6, 6.07) is 9.03. The highest BCUT2D eigenvalue weighted by Crippen LogP contribution is 2.22. The number of para-hydroxylation sites is 1. The van der Waals surface area contributed by atoms with Gasteiger partial charge in [-0.2, -0.15) is 0 Å². The van der Waals surface area contributed by atoms with Crippen molar-refractivity contribution in [2.75, 3.05) is 11.4 Å². The highest BCUT2D eigenvalue weighted by molar-refractivity contribution is 6.29. The molecule has 1 aromatic carbocycles. The van der Waals surface area contributed by atoms with Crippen molar-refractivity contribution in [3.05, 3.63) is 53.2 Å². The van der Waals surface area contributed by atoms with Gasteiger partial charge in [0.2, 0.25) is 0 Å². The average molecular weight is 268 g/mol. The molecule has 0 radical (unpaired) electrons. The first kappa shape index (κ1) is 12.6. The predicted molar refractivity (Wildman–Crippen MR) is 67.5 cm³/mol. The summed E-state index contributed by atoms with van der Waals surface area (Å²) in [5, 5.41) is 0.128. The van der Waals surface area contributed by atoms with Gasteiger partial charge in [0.1, 0.15) is 5.82 Å². The summed E-state index contributed by atoms with van der Waals surface area (Å²) in [7, 11) is 0. The number of carbonyl (C=O) groups excluding carboxylic acids is 1. The van der Waals surface area contributed by atoms with Crippen LogP contribution in [0.3, 0.4) is 0 Å². The fourth-order valence-electron chi connectivity index (χ4n) is 1.66. The molecule has 3 nitrogen and oxygen atoms in total. The zero-order chi connectivity index (χ0) is 13.1. The fraction of sp³-hybridized carbons (Fsp3) is 0.154. The number of hydrogen-bond donors (Lipinski definition) is 0. The molecule has 0 spiro atoms. The van der Waals surface area contributed by atoms with E-state index in [1.165, 1.54) is 23.1 Å². The highest BCUT2D eigenvalue weighted by atomic mass is 35.5. The number of amides is 1. The summed E-state index contributed by atoms with van der Waals surface area (Å²) in [6.07, 6.45) is 0. The Balaban J connectivity index is 2.35. The van der Waals surface area contributed by atoms with Gasteiger partial charge in [-0.25, -0.2) is 4.39 Å². The predicted octanol–water partition coefficient (Wildman–Crippen LogP) is 3.74. The van der Waals surface area contributed by atoms with Crippen LogP contribution in [0.15, 0.2) is 40.8 Å². The van der Waals surface area contributed by atoms with Gasteiger partial charge in [0.15, 0.2) is 11.0 Å². The Bertz CT molecular complexity index is 568. The van der Waals surface area contributed by atoms with E-state index in [0.29, 0.717) is 6.54 Å². The molecule has 18 heavy (non-hydrogen) atoms. The third-order valence-electron chi connectivity index (χ3n) is 2.49. The van der Waals surface area contributed by atoms with Gasteiger partial charge in [-0.15, -0.1) is 0 Å². The second-order valence-electron chi connectivity index (χ2n) is 3.60. The van der Waals surface area contributed by atoms with Gasteiger partial charge in [0.25, 0.3) is 5.91 Å². The van der Waals surface area contributed by atoms with E-state index in [1.807, 2.05) is 0 Å². The Morgan fingerprint density at radius 1 is 1.33 bits per heavy atom. The molecule has 2 rings (SSSR count). The van der Waals surface area contributed by atoms with Gasteiger partial charge in [-0.3, -0.25) is 4.79 Å². The highest BCUT2D eigenvalue weighted by Gasteiger charge is 2.21. The first-order valence-electron chi connectivity index (χ1n) is 5.45. The van der Waals surface area contributed by atoms with E-state index in [-0.39, 0.29) is 16.7 Å². The SMILES string of the molecule is CCN(C(=O)c1ccc(Cl)o1)c1ccccc1F. The quantitative estimate of drug-likeness (QED) is 0.849. The number of halogens is 2. The molecule has 0 bridgehead atoms. The molecule has 94 valence electrons. The minimum absolute atomic E-state index is 0.0881. The summed E-state index contributed by atoms with van der Waals surface area (Å²) < 4.78 is 18.7. The molecule has 5 heteroatoms. The number of furan rings is 1. The van der Waals surface area contributed by atoms with Crippen molar-refractivity contribution in [3.63, 3.8) is 0 Å². The topological polar surface area (TPSA) is 33.5 Å². The standard InChI is InChI=1S/C13H11ClFNO2/c1-2-16(10-6-4-3-5-9(10)15)13(17)11-7-8-12(14)18-11/h3-8H,2H2,1H3. The molecular weight excluding hydrogens is 257 g/mol. The third kappa shape index (κ3) is 2.38. The van der Waals surface area contributed by atoms with Gasteiger partial charge >= 0.3 is 0 Å². The molecule has 0 unspecified atom stereocenters. The Labute approximate surface area is 109 Å². The minimum Gasteiger partial charge on any atom is -0.440 e. The van der Waals surface area contributed by atoms with Crippen molar-refractivity contribution >= 4 is 23.2 Å². The Hall–Kier alpha value is -1.81. The number of carbonyl (C=O) groups is 1. The lowest BCUT2D eigenvalue weighted by Gasteiger charge is -2.20. The summed E-state index contributed by atoms with van der Waals surface area (Å²) in [6.45, 7) is 2.09. The first-order valence-corrected chi connectivity index (χ1v) is 5.83. The molecule has 0 aliphatic rings. The van der Waals surface area contributed by atoms with E-state index >= 15 is 0 Å². The summed E-state index contributed by atoms with van der Waals surface area (Å²) >= 11 is 5.62. The first-order chi connectivity index (χ1) is 8.63. The maximum Gasteiger partial charge on any atom is 0.294 e. The molecule has 1 heterocycles. The molecule has 0 aliphatic carbocycles. The van der Waals surface area contributed by atoms with Crippen LogP contribution in [0.1, 0.15) is 17.5 Å². The normalized spacial score (nSPS) is 10.4. The largest absolute Gasteiger partial charge is 0.440 e. The van der Waals surface area contributed by atoms with Gasteiger partial charge in [-0.05, 0) is 42.8 Å². The van der Waals surface area contributed by atoms with Crippen LogP contribution in [-0.4, -0.2) is 12.5 Å². The Kier molecular flexibility index (Phi) is 3.67. The summed E-state index contributed by atoms with van der Waals surface area (Å²) in [5.41, 5.74) is 0.220. The molecule has 0 N–H and O–H groups in total. The average Bonchev–Trinajstić information content (AvgIpc) is 2.79. The van der Waals surface area contributed by atoms with Crippen LogP contribution >= 0.6 is 11.6 Å². The maximum atomic E-state index is 13.7. The summed E-state index contributed by atoms with van der Waals surface area (Å²) in [5.74, 6) is -0.787. The van der Waals surface area contributed by atoms with Crippen LogP contribution in [0.4, 0.5) is 10.1 Å². The second-order valence-corrected chi connectivity index (χ2v) is 3.98. The lowest BCUT2D eigenvalue weighted by molar-refractivity contribution is 0.0961. The van der Waals surface area contributed by atoms with Crippen molar-refractivity contribution < 1.29 is 13.6 Å². The second kappa shape index (κ2) is 5.23. The molecule has 0 fully saturated rings. The molecule has 0 saturated heterocycles. The van der Waals surface area contributed by atoms with Crippen molar-refractivity contribution in [1.29, 1.82) is 0 Å². The van der Waals surface area contributed by atoms with Crippen LogP contribution in [0.5, 0.6) is 0 Å². The van der Waals surface area contributed by atoms with Crippen molar-refractivity contribution in [2.45, 2.75) is 6.92 Å². The van der Waals surface area contributed by atoms with Crippen LogP contribution < -0.4 is 4.90 Å². The maximum absolute atomic E-state index is 13.7. The Morgan fingerprint density at radius 3 is 2.61 bits per heavy atom. The monoisotopic (exact) mass is 267 g/mol. The lowest BCUT2D eigenvalue weighted by Crippen LogP contribution is -2.31. The molecule has 2 aromatic rings.